The summed E-state index contributed by atoms with van der Waals surface area (Å²) >= 11 is 0. The molecule has 5 nitrogen and oxygen atoms in total. The third kappa shape index (κ3) is 3.49. The Morgan fingerprint density at radius 2 is 1.76 bits per heavy atom. The Bertz CT molecular complexity index is 846. The van der Waals surface area contributed by atoms with E-state index in [2.05, 4.69) is 10.2 Å². The molecule has 3 aromatic rings. The second kappa shape index (κ2) is 7.36. The minimum atomic E-state index is -0.273. The van der Waals surface area contributed by atoms with Gasteiger partial charge in [-0.05, 0) is 48.0 Å². The van der Waals surface area contributed by atoms with Crippen LogP contribution in [0.25, 0.3) is 11.3 Å². The molecule has 0 spiro atoms. The molecule has 1 atom stereocenters. The third-order valence-corrected chi connectivity index (χ3v) is 4.16. The molecule has 130 valence electrons. The van der Waals surface area contributed by atoms with Crippen LogP contribution in [0.1, 0.15) is 17.2 Å². The van der Waals surface area contributed by atoms with E-state index in [1.165, 1.54) is 12.1 Å². The fraction of sp³-hybridized carbons (Fsp3) is 0.211. The normalized spacial score (nSPS) is 12.0. The molecule has 6 heteroatoms. The second-order valence-electron chi connectivity index (χ2n) is 5.62. The topological polar surface area (TPSA) is 73.2 Å². The summed E-state index contributed by atoms with van der Waals surface area (Å²) in [5.41, 5.74) is 9.46. The van der Waals surface area contributed by atoms with Gasteiger partial charge in [-0.2, -0.15) is 5.10 Å². The van der Waals surface area contributed by atoms with Gasteiger partial charge in [0.25, 0.3) is 0 Å². The first kappa shape index (κ1) is 17.0. The van der Waals surface area contributed by atoms with E-state index in [1.807, 2.05) is 24.3 Å². The zero-order valence-electron chi connectivity index (χ0n) is 14.1. The van der Waals surface area contributed by atoms with E-state index in [1.54, 1.807) is 26.4 Å². The van der Waals surface area contributed by atoms with Gasteiger partial charge >= 0.3 is 0 Å². The fourth-order valence-corrected chi connectivity index (χ4v) is 2.80. The Morgan fingerprint density at radius 1 is 1.04 bits per heavy atom. The number of H-pyrrole nitrogens is 1. The van der Waals surface area contributed by atoms with E-state index in [4.69, 9.17) is 15.2 Å². The van der Waals surface area contributed by atoms with E-state index in [0.717, 1.165) is 22.5 Å². The van der Waals surface area contributed by atoms with Crippen molar-refractivity contribution in [3.63, 3.8) is 0 Å². The molecular formula is C19H20FN3O2. The number of rotatable bonds is 6. The van der Waals surface area contributed by atoms with Crippen molar-refractivity contribution in [1.82, 2.24) is 10.2 Å². The maximum absolute atomic E-state index is 13.1. The Kier molecular flexibility index (Phi) is 5.00. The lowest BCUT2D eigenvalue weighted by atomic mass is 9.95. The van der Waals surface area contributed by atoms with Gasteiger partial charge in [0.15, 0.2) is 11.5 Å². The first-order valence-corrected chi connectivity index (χ1v) is 7.89. The molecule has 0 fully saturated rings. The van der Waals surface area contributed by atoms with Gasteiger partial charge in [0.05, 0.1) is 19.9 Å². The standard InChI is InChI=1S/C19H20FN3O2/c1-24-18-8-5-13(9-19(18)25-2)15(11-21)17-10-16(22-23-17)12-3-6-14(20)7-4-12/h3-10,15H,11,21H2,1-2H3,(H,22,23). The number of aromatic nitrogens is 2. The Hall–Kier alpha value is -2.86. The highest BCUT2D eigenvalue weighted by Gasteiger charge is 2.18. The first-order valence-electron chi connectivity index (χ1n) is 7.89. The number of hydrogen-bond acceptors (Lipinski definition) is 4. The summed E-state index contributed by atoms with van der Waals surface area (Å²) in [4.78, 5) is 0. The van der Waals surface area contributed by atoms with Gasteiger partial charge in [-0.3, -0.25) is 5.10 Å². The molecular weight excluding hydrogens is 321 g/mol. The zero-order chi connectivity index (χ0) is 17.8. The van der Waals surface area contributed by atoms with Crippen LogP contribution in [0.3, 0.4) is 0 Å². The van der Waals surface area contributed by atoms with Gasteiger partial charge in [-0.15, -0.1) is 0 Å². The van der Waals surface area contributed by atoms with Crippen molar-refractivity contribution in [2.24, 2.45) is 5.73 Å². The number of benzene rings is 2. The average Bonchev–Trinajstić information content (AvgIpc) is 3.12. The van der Waals surface area contributed by atoms with E-state index in [-0.39, 0.29) is 11.7 Å². The quantitative estimate of drug-likeness (QED) is 0.721. The van der Waals surface area contributed by atoms with Gasteiger partial charge in [0.2, 0.25) is 0 Å². The zero-order valence-corrected chi connectivity index (χ0v) is 14.1. The maximum Gasteiger partial charge on any atom is 0.161 e. The van der Waals surface area contributed by atoms with Crippen molar-refractivity contribution >= 4 is 0 Å². The third-order valence-electron chi connectivity index (χ3n) is 4.16. The maximum atomic E-state index is 13.1. The van der Waals surface area contributed by atoms with E-state index < -0.39 is 0 Å². The number of aromatic amines is 1. The number of nitrogens with one attached hydrogen (secondary N) is 1. The lowest BCUT2D eigenvalue weighted by Crippen LogP contribution is -2.14. The van der Waals surface area contributed by atoms with Crippen molar-refractivity contribution < 1.29 is 13.9 Å². The average molecular weight is 341 g/mol. The largest absolute Gasteiger partial charge is 0.493 e. The van der Waals surface area contributed by atoms with Crippen molar-refractivity contribution in [2.75, 3.05) is 20.8 Å². The van der Waals surface area contributed by atoms with E-state index in [0.29, 0.717) is 18.0 Å². The summed E-state index contributed by atoms with van der Waals surface area (Å²) in [5.74, 6) is 0.974. The number of methoxy groups -OCH3 is 2. The van der Waals surface area contributed by atoms with Gasteiger partial charge in [0, 0.05) is 23.7 Å². The Morgan fingerprint density at radius 3 is 2.40 bits per heavy atom. The van der Waals surface area contributed by atoms with Crippen LogP contribution in [0.4, 0.5) is 4.39 Å². The lowest BCUT2D eigenvalue weighted by Gasteiger charge is -2.16. The highest BCUT2D eigenvalue weighted by molar-refractivity contribution is 5.59. The fourth-order valence-electron chi connectivity index (χ4n) is 2.80. The van der Waals surface area contributed by atoms with E-state index in [9.17, 15) is 4.39 Å². The monoisotopic (exact) mass is 341 g/mol. The van der Waals surface area contributed by atoms with E-state index >= 15 is 0 Å². The van der Waals surface area contributed by atoms with Crippen LogP contribution in [0.15, 0.2) is 48.5 Å². The molecule has 0 saturated carbocycles. The molecule has 1 unspecified atom stereocenters. The molecule has 0 aliphatic rings. The van der Waals surface area contributed by atoms with Crippen LogP contribution in [-0.4, -0.2) is 31.0 Å². The second-order valence-corrected chi connectivity index (χ2v) is 5.62. The smallest absolute Gasteiger partial charge is 0.161 e. The molecule has 0 aliphatic carbocycles. The number of ether oxygens (including phenoxy) is 2. The summed E-state index contributed by atoms with van der Waals surface area (Å²) < 4.78 is 23.7. The van der Waals surface area contributed by atoms with Crippen LogP contribution >= 0.6 is 0 Å². The van der Waals surface area contributed by atoms with Crippen LogP contribution in [-0.2, 0) is 0 Å². The molecule has 0 radical (unpaired) electrons. The molecule has 3 N–H and O–H groups in total. The van der Waals surface area contributed by atoms with Crippen molar-refractivity contribution in [3.05, 3.63) is 65.6 Å². The molecule has 1 heterocycles. The molecule has 0 amide bonds. The van der Waals surface area contributed by atoms with Gasteiger partial charge in [-0.25, -0.2) is 4.39 Å². The minimum Gasteiger partial charge on any atom is -0.493 e. The predicted molar refractivity (Wildman–Crippen MR) is 94.4 cm³/mol. The summed E-state index contributed by atoms with van der Waals surface area (Å²) in [7, 11) is 3.20. The lowest BCUT2D eigenvalue weighted by molar-refractivity contribution is 0.354. The molecule has 1 aromatic heterocycles. The highest BCUT2D eigenvalue weighted by atomic mass is 19.1. The molecule has 25 heavy (non-hydrogen) atoms. The molecule has 0 saturated heterocycles. The molecule has 0 bridgehead atoms. The summed E-state index contributed by atoms with van der Waals surface area (Å²) in [6.07, 6.45) is 0. The molecule has 2 aromatic carbocycles. The van der Waals surface area contributed by atoms with Crippen molar-refractivity contribution in [1.29, 1.82) is 0 Å². The van der Waals surface area contributed by atoms with Crippen LogP contribution < -0.4 is 15.2 Å². The number of nitrogens with two attached hydrogens (primary N) is 1. The number of halogens is 1. The number of nitrogens with zero attached hydrogens (tertiary/aromatic N) is 1. The van der Waals surface area contributed by atoms with Gasteiger partial charge in [-0.1, -0.05) is 6.07 Å². The van der Waals surface area contributed by atoms with Crippen LogP contribution in [0.2, 0.25) is 0 Å². The molecule has 0 aliphatic heterocycles. The Labute approximate surface area is 145 Å². The van der Waals surface area contributed by atoms with Crippen molar-refractivity contribution in [2.45, 2.75) is 5.92 Å². The first-order chi connectivity index (χ1) is 12.2. The summed E-state index contributed by atoms with van der Waals surface area (Å²) in [6, 6.07) is 13.9. The SMILES string of the molecule is COc1ccc(C(CN)c2cc(-c3ccc(F)cc3)n[nH]2)cc1OC. The van der Waals surface area contributed by atoms with Crippen LogP contribution in [0, 0.1) is 5.82 Å². The summed E-state index contributed by atoms with van der Waals surface area (Å²) in [5, 5.41) is 7.37. The van der Waals surface area contributed by atoms with Gasteiger partial charge < -0.3 is 15.2 Å². The Balaban J connectivity index is 1.93. The minimum absolute atomic E-state index is 0.0681. The molecule has 3 rings (SSSR count). The van der Waals surface area contributed by atoms with Gasteiger partial charge in [0.1, 0.15) is 5.82 Å². The highest BCUT2D eigenvalue weighted by Crippen LogP contribution is 2.33. The predicted octanol–water partition coefficient (Wildman–Crippen LogP) is 3.32. The van der Waals surface area contributed by atoms with Crippen molar-refractivity contribution in [3.8, 4) is 22.8 Å². The summed E-state index contributed by atoms with van der Waals surface area (Å²) in [6.45, 7) is 0.403. The van der Waals surface area contributed by atoms with Crippen LogP contribution in [0.5, 0.6) is 11.5 Å². The number of hydrogen-bond donors (Lipinski definition) is 2.